The maximum Gasteiger partial charge on any atom is 0.0602 e. The van der Waals surface area contributed by atoms with Crippen molar-refractivity contribution in [3.05, 3.63) is 0 Å². The third-order valence-electron chi connectivity index (χ3n) is 12.9. The summed E-state index contributed by atoms with van der Waals surface area (Å²) in [7, 11) is 0. The molecular formula is C35H66N2O2. The van der Waals surface area contributed by atoms with Crippen LogP contribution in [0, 0.1) is 46.3 Å². The van der Waals surface area contributed by atoms with Gasteiger partial charge in [0, 0.05) is 6.61 Å². The molecule has 0 amide bonds. The van der Waals surface area contributed by atoms with Gasteiger partial charge >= 0.3 is 0 Å². The van der Waals surface area contributed by atoms with Crippen LogP contribution < -0.4 is 11.1 Å². The Labute approximate surface area is 242 Å². The molecule has 0 saturated heterocycles. The fourth-order valence-electron chi connectivity index (χ4n) is 10.5. The van der Waals surface area contributed by atoms with Crippen LogP contribution in [0.2, 0.25) is 0 Å². The zero-order chi connectivity index (χ0) is 27.9. The molecule has 0 aromatic carbocycles. The number of aliphatic hydroxyl groups is 1. The van der Waals surface area contributed by atoms with Crippen LogP contribution in [-0.2, 0) is 4.74 Å². The van der Waals surface area contributed by atoms with E-state index < -0.39 is 0 Å². The van der Waals surface area contributed by atoms with Crippen molar-refractivity contribution >= 4 is 0 Å². The summed E-state index contributed by atoms with van der Waals surface area (Å²) < 4.78 is 6.24. The van der Waals surface area contributed by atoms with Gasteiger partial charge in [0.2, 0.25) is 0 Å². The molecule has 0 radical (unpaired) electrons. The Morgan fingerprint density at radius 1 is 0.897 bits per heavy atom. The first-order valence-electron chi connectivity index (χ1n) is 17.6. The number of nitrogens with one attached hydrogen (secondary N) is 1. The summed E-state index contributed by atoms with van der Waals surface area (Å²) in [5.74, 6) is 4.43. The van der Waals surface area contributed by atoms with Crippen LogP contribution >= 0.6 is 0 Å². The molecule has 4 aliphatic rings. The van der Waals surface area contributed by atoms with Crippen molar-refractivity contribution in [1.82, 2.24) is 5.32 Å². The summed E-state index contributed by atoms with van der Waals surface area (Å²) in [4.78, 5) is 0. The molecule has 0 aromatic rings. The smallest absolute Gasteiger partial charge is 0.0602 e. The highest BCUT2D eigenvalue weighted by molar-refractivity contribution is 5.12. The van der Waals surface area contributed by atoms with Crippen LogP contribution in [0.25, 0.3) is 0 Å². The second kappa shape index (κ2) is 14.8. The molecule has 4 heteroatoms. The number of ether oxygens (including phenoxy) is 1. The second-order valence-corrected chi connectivity index (χ2v) is 15.0. The molecule has 228 valence electrons. The van der Waals surface area contributed by atoms with Crippen LogP contribution in [0.3, 0.4) is 0 Å². The number of rotatable bonds is 16. The summed E-state index contributed by atoms with van der Waals surface area (Å²) >= 11 is 0. The monoisotopic (exact) mass is 547 g/mol. The fourth-order valence-corrected chi connectivity index (χ4v) is 10.5. The third kappa shape index (κ3) is 7.08. The van der Waals surface area contributed by atoms with Crippen molar-refractivity contribution in [1.29, 1.82) is 0 Å². The van der Waals surface area contributed by atoms with Crippen LogP contribution in [0.1, 0.15) is 137 Å². The minimum Gasteiger partial charge on any atom is -0.393 e. The van der Waals surface area contributed by atoms with Gasteiger partial charge < -0.3 is 20.9 Å². The first-order chi connectivity index (χ1) is 18.9. The molecule has 0 spiro atoms. The number of fused-ring (bicyclic) bond motifs is 5. The topological polar surface area (TPSA) is 67.5 Å². The van der Waals surface area contributed by atoms with E-state index in [4.69, 9.17) is 10.5 Å². The number of unbranched alkanes of at least 4 members (excludes halogenated alkanes) is 5. The molecule has 39 heavy (non-hydrogen) atoms. The highest BCUT2D eigenvalue weighted by Crippen LogP contribution is 2.68. The van der Waals surface area contributed by atoms with Gasteiger partial charge in [-0.25, -0.2) is 0 Å². The molecule has 4 nitrogen and oxygen atoms in total. The molecule has 4 fully saturated rings. The predicted molar refractivity (Wildman–Crippen MR) is 165 cm³/mol. The van der Waals surface area contributed by atoms with Crippen LogP contribution in [0.5, 0.6) is 0 Å². The van der Waals surface area contributed by atoms with E-state index in [0.29, 0.717) is 23.4 Å². The van der Waals surface area contributed by atoms with Crippen molar-refractivity contribution in [3.63, 3.8) is 0 Å². The normalized spacial score (nSPS) is 40.6. The van der Waals surface area contributed by atoms with E-state index in [1.54, 1.807) is 0 Å². The van der Waals surface area contributed by atoms with Crippen LogP contribution in [-0.4, -0.2) is 43.6 Å². The summed E-state index contributed by atoms with van der Waals surface area (Å²) in [6, 6.07) is 0. The number of hydrogen-bond donors (Lipinski definition) is 3. The van der Waals surface area contributed by atoms with Gasteiger partial charge in [-0.05, 0) is 143 Å². The summed E-state index contributed by atoms with van der Waals surface area (Å²) in [6.07, 6.45) is 22.4. The van der Waals surface area contributed by atoms with E-state index >= 15 is 0 Å². The minimum absolute atomic E-state index is 0.123. The summed E-state index contributed by atoms with van der Waals surface area (Å²) in [6.45, 7) is 13.8. The summed E-state index contributed by atoms with van der Waals surface area (Å²) in [5, 5.41) is 15.6. The van der Waals surface area contributed by atoms with E-state index in [-0.39, 0.29) is 11.5 Å². The second-order valence-electron chi connectivity index (χ2n) is 15.0. The van der Waals surface area contributed by atoms with Crippen molar-refractivity contribution in [2.45, 2.75) is 149 Å². The van der Waals surface area contributed by atoms with Gasteiger partial charge in [-0.1, -0.05) is 59.8 Å². The lowest BCUT2D eigenvalue weighted by Gasteiger charge is -2.62. The van der Waals surface area contributed by atoms with Crippen LogP contribution in [0.4, 0.5) is 0 Å². The van der Waals surface area contributed by atoms with Gasteiger partial charge in [0.1, 0.15) is 0 Å². The van der Waals surface area contributed by atoms with Gasteiger partial charge in [-0.2, -0.15) is 0 Å². The highest BCUT2D eigenvalue weighted by atomic mass is 16.5. The molecule has 0 aliphatic heterocycles. The Kier molecular flexibility index (Phi) is 12.1. The lowest BCUT2D eigenvalue weighted by atomic mass is 9.43. The minimum atomic E-state index is -0.126. The quantitative estimate of drug-likeness (QED) is 0.173. The maximum absolute atomic E-state index is 11.9. The van der Waals surface area contributed by atoms with Crippen molar-refractivity contribution < 1.29 is 9.84 Å². The SMILES string of the molecule is CCCCCCCCNCCC[C@@H](C)C1CC[C@H]2C3CCC4C[C@H](OCCCN)CCC4(C)[C@H]3C[C@H](O)C12C. The Morgan fingerprint density at radius 2 is 1.67 bits per heavy atom. The molecule has 4 N–H and O–H groups in total. The number of aliphatic hydroxyl groups excluding tert-OH is 1. The molecule has 4 aliphatic carbocycles. The largest absolute Gasteiger partial charge is 0.393 e. The molecule has 0 aromatic heterocycles. The Balaban J connectivity index is 1.26. The third-order valence-corrected chi connectivity index (χ3v) is 12.9. The fraction of sp³-hybridized carbons (Fsp3) is 1.00. The lowest BCUT2D eigenvalue weighted by molar-refractivity contribution is -0.177. The highest BCUT2D eigenvalue weighted by Gasteiger charge is 2.63. The van der Waals surface area contributed by atoms with Crippen LogP contribution in [0.15, 0.2) is 0 Å². The van der Waals surface area contributed by atoms with E-state index in [0.717, 1.165) is 56.2 Å². The van der Waals surface area contributed by atoms with Gasteiger partial charge in [0.25, 0.3) is 0 Å². The Morgan fingerprint density at radius 3 is 2.46 bits per heavy atom. The molecule has 0 bridgehead atoms. The van der Waals surface area contributed by atoms with E-state index in [2.05, 4.69) is 33.0 Å². The van der Waals surface area contributed by atoms with Gasteiger partial charge in [0.05, 0.1) is 12.2 Å². The van der Waals surface area contributed by atoms with Gasteiger partial charge in [-0.15, -0.1) is 0 Å². The van der Waals surface area contributed by atoms with Crippen molar-refractivity contribution in [2.75, 3.05) is 26.2 Å². The van der Waals surface area contributed by atoms with Gasteiger partial charge in [0.15, 0.2) is 0 Å². The maximum atomic E-state index is 11.9. The number of hydrogen-bond acceptors (Lipinski definition) is 4. The zero-order valence-corrected chi connectivity index (χ0v) is 26.4. The van der Waals surface area contributed by atoms with E-state index in [1.165, 1.54) is 103 Å². The standard InChI is InChI=1S/C35H66N2O2/c1-5-6-7-8-9-10-21-37-22-11-13-26(2)30-16-17-31-29-15-14-27-24-28(39-23-12-20-36)18-19-34(27,3)32(29)25-33(38)35(30,31)4/h26-33,37-38H,5-25,36H2,1-4H3/t26-,27?,28-,29?,30?,31+,32+,33+,34?,35?/m1/s1. The van der Waals surface area contributed by atoms with Gasteiger partial charge in [-0.3, -0.25) is 0 Å². The lowest BCUT2D eigenvalue weighted by Crippen LogP contribution is -2.59. The first kappa shape index (κ1) is 31.8. The van der Waals surface area contributed by atoms with E-state index in [1.807, 2.05) is 0 Å². The molecule has 0 heterocycles. The average Bonchev–Trinajstić information content (AvgIpc) is 3.29. The predicted octanol–water partition coefficient (Wildman–Crippen LogP) is 7.72. The molecule has 5 unspecified atom stereocenters. The summed E-state index contributed by atoms with van der Waals surface area (Å²) in [5.41, 5.74) is 6.21. The van der Waals surface area contributed by atoms with Crippen molar-refractivity contribution in [3.8, 4) is 0 Å². The number of nitrogens with two attached hydrogens (primary N) is 1. The van der Waals surface area contributed by atoms with Crippen molar-refractivity contribution in [2.24, 2.45) is 52.1 Å². The zero-order valence-electron chi connectivity index (χ0n) is 26.4. The Bertz CT molecular complexity index is 717. The molecule has 4 rings (SSSR count). The molecular weight excluding hydrogens is 480 g/mol. The first-order valence-corrected chi connectivity index (χ1v) is 17.6. The molecule has 10 atom stereocenters. The average molecular weight is 547 g/mol. The molecule has 4 saturated carbocycles. The Hall–Kier alpha value is -0.160. The van der Waals surface area contributed by atoms with E-state index in [9.17, 15) is 5.11 Å².